The van der Waals surface area contributed by atoms with Crippen LogP contribution in [0.2, 0.25) is 0 Å². The van der Waals surface area contributed by atoms with E-state index in [1.165, 1.54) is 0 Å². The molecule has 0 aliphatic carbocycles. The van der Waals surface area contributed by atoms with Gasteiger partial charge in [-0.05, 0) is 50.6 Å². The molecular formula is C20H22N2O5. The molecule has 2 aromatic heterocycles. The maximum atomic E-state index is 12.2. The lowest BCUT2D eigenvalue weighted by molar-refractivity contribution is 0.0438. The van der Waals surface area contributed by atoms with Gasteiger partial charge >= 0.3 is 5.97 Å². The molecule has 7 heteroatoms. The summed E-state index contributed by atoms with van der Waals surface area (Å²) in [6.07, 6.45) is 2.06. The van der Waals surface area contributed by atoms with E-state index in [1.54, 1.807) is 24.3 Å². The van der Waals surface area contributed by atoms with Crippen LogP contribution in [0.4, 0.5) is 0 Å². The Labute approximate surface area is 157 Å². The van der Waals surface area contributed by atoms with E-state index in [0.29, 0.717) is 23.8 Å². The predicted molar refractivity (Wildman–Crippen MR) is 97.4 cm³/mol. The molecule has 0 bridgehead atoms. The first-order valence-corrected chi connectivity index (χ1v) is 8.86. The number of aromatic nitrogens is 2. The second-order valence-corrected chi connectivity index (χ2v) is 6.13. The topological polar surface area (TPSA) is 87.6 Å². The van der Waals surface area contributed by atoms with Gasteiger partial charge in [-0.3, -0.25) is 0 Å². The summed E-state index contributed by atoms with van der Waals surface area (Å²) in [6, 6.07) is 8.66. The molecule has 0 saturated carbocycles. The van der Waals surface area contributed by atoms with Gasteiger partial charge in [-0.15, -0.1) is 10.2 Å². The van der Waals surface area contributed by atoms with Crippen LogP contribution >= 0.6 is 0 Å². The third-order valence-electron chi connectivity index (χ3n) is 3.92. The number of hydrogen-bond donors (Lipinski definition) is 0. The van der Waals surface area contributed by atoms with Crippen LogP contribution in [0.15, 0.2) is 39.2 Å². The summed E-state index contributed by atoms with van der Waals surface area (Å²) >= 11 is 0. The van der Waals surface area contributed by atoms with Gasteiger partial charge in [0.15, 0.2) is 6.61 Å². The third kappa shape index (κ3) is 4.75. The van der Waals surface area contributed by atoms with Crippen molar-refractivity contribution in [2.45, 2.75) is 40.2 Å². The van der Waals surface area contributed by atoms with Crippen molar-refractivity contribution in [3.63, 3.8) is 0 Å². The maximum Gasteiger partial charge on any atom is 0.338 e. The van der Waals surface area contributed by atoms with Crippen molar-refractivity contribution in [1.82, 2.24) is 10.2 Å². The zero-order chi connectivity index (χ0) is 19.2. The summed E-state index contributed by atoms with van der Waals surface area (Å²) in [7, 11) is 0. The molecule has 0 radical (unpaired) electrons. The summed E-state index contributed by atoms with van der Waals surface area (Å²) in [5.74, 6) is 2.27. The van der Waals surface area contributed by atoms with Crippen LogP contribution in [0, 0.1) is 13.8 Å². The monoisotopic (exact) mass is 370 g/mol. The number of ether oxygens (including phenoxy) is 2. The molecule has 0 fully saturated rings. The minimum Gasteiger partial charge on any atom is -0.494 e. The average molecular weight is 370 g/mol. The van der Waals surface area contributed by atoms with E-state index in [4.69, 9.17) is 18.3 Å². The highest BCUT2D eigenvalue weighted by Crippen LogP contribution is 2.25. The Morgan fingerprint density at radius 1 is 1.11 bits per heavy atom. The van der Waals surface area contributed by atoms with Crippen LogP contribution in [-0.2, 0) is 11.3 Å². The minimum absolute atomic E-state index is 0.101. The number of nitrogens with zero attached hydrogens (tertiary/aromatic N) is 2. The fraction of sp³-hybridized carbons (Fsp3) is 0.350. The molecule has 3 aromatic rings. The van der Waals surface area contributed by atoms with E-state index >= 15 is 0 Å². The maximum absolute atomic E-state index is 12.2. The lowest BCUT2D eigenvalue weighted by atomic mass is 10.2. The second-order valence-electron chi connectivity index (χ2n) is 6.13. The van der Waals surface area contributed by atoms with Gasteiger partial charge in [0, 0.05) is 0 Å². The Bertz CT molecular complexity index is 895. The zero-order valence-electron chi connectivity index (χ0n) is 15.7. The number of benzene rings is 1. The third-order valence-corrected chi connectivity index (χ3v) is 3.92. The molecule has 2 heterocycles. The van der Waals surface area contributed by atoms with Crippen molar-refractivity contribution in [2.24, 2.45) is 0 Å². The van der Waals surface area contributed by atoms with Gasteiger partial charge in [0.1, 0.15) is 17.3 Å². The number of hydrogen-bond acceptors (Lipinski definition) is 7. The van der Waals surface area contributed by atoms with Gasteiger partial charge in [0.25, 0.3) is 11.8 Å². The van der Waals surface area contributed by atoms with E-state index in [-0.39, 0.29) is 12.5 Å². The van der Waals surface area contributed by atoms with Crippen LogP contribution in [0.5, 0.6) is 5.75 Å². The Balaban J connectivity index is 1.55. The van der Waals surface area contributed by atoms with Gasteiger partial charge in [0.2, 0.25) is 0 Å². The van der Waals surface area contributed by atoms with Crippen molar-refractivity contribution < 1.29 is 23.1 Å². The highest BCUT2D eigenvalue weighted by molar-refractivity contribution is 5.89. The Hall–Kier alpha value is -3.09. The summed E-state index contributed by atoms with van der Waals surface area (Å²) in [5, 5.41) is 7.88. The molecule has 0 unspecified atom stereocenters. The predicted octanol–water partition coefficient (Wildman–Crippen LogP) is 4.48. The standard InChI is InChI=1S/C20H22N2O5/c1-4-5-10-24-16-8-6-15(7-9-16)20(23)25-12-18-21-22-19(27-18)17-11-13(2)26-14(17)3/h6-9,11H,4-5,10,12H2,1-3H3. The largest absolute Gasteiger partial charge is 0.494 e. The first-order valence-electron chi connectivity index (χ1n) is 8.86. The highest BCUT2D eigenvalue weighted by atomic mass is 16.5. The van der Waals surface area contributed by atoms with Gasteiger partial charge < -0.3 is 18.3 Å². The Kier molecular flexibility index (Phi) is 5.90. The van der Waals surface area contributed by atoms with E-state index in [2.05, 4.69) is 17.1 Å². The first kappa shape index (κ1) is 18.7. The molecular weight excluding hydrogens is 348 g/mol. The number of unbranched alkanes of at least 4 members (excludes halogenated alkanes) is 1. The number of rotatable bonds is 8. The molecule has 0 atom stereocenters. The normalized spacial score (nSPS) is 10.8. The lowest BCUT2D eigenvalue weighted by Crippen LogP contribution is -2.05. The van der Waals surface area contributed by atoms with Crippen molar-refractivity contribution >= 4 is 5.97 Å². The van der Waals surface area contributed by atoms with Crippen LogP contribution in [0.25, 0.3) is 11.5 Å². The molecule has 27 heavy (non-hydrogen) atoms. The molecule has 0 amide bonds. The van der Waals surface area contributed by atoms with E-state index < -0.39 is 5.97 Å². The smallest absolute Gasteiger partial charge is 0.338 e. The average Bonchev–Trinajstić information content (AvgIpc) is 3.26. The van der Waals surface area contributed by atoms with E-state index in [9.17, 15) is 4.79 Å². The van der Waals surface area contributed by atoms with Crippen LogP contribution in [0.3, 0.4) is 0 Å². The van der Waals surface area contributed by atoms with Crippen molar-refractivity contribution in [1.29, 1.82) is 0 Å². The second kappa shape index (κ2) is 8.53. The molecule has 0 aliphatic heterocycles. The molecule has 3 rings (SSSR count). The van der Waals surface area contributed by atoms with Gasteiger partial charge in [-0.25, -0.2) is 4.79 Å². The summed E-state index contributed by atoms with van der Waals surface area (Å²) < 4.78 is 21.8. The number of esters is 1. The van der Waals surface area contributed by atoms with Crippen LogP contribution in [0.1, 0.15) is 47.5 Å². The number of carbonyl (C=O) groups is 1. The molecule has 7 nitrogen and oxygen atoms in total. The van der Waals surface area contributed by atoms with Crippen molar-refractivity contribution in [2.75, 3.05) is 6.61 Å². The van der Waals surface area contributed by atoms with E-state index in [1.807, 2.05) is 19.9 Å². The SMILES string of the molecule is CCCCOc1ccc(C(=O)OCc2nnc(-c3cc(C)oc3C)o2)cc1. The van der Waals surface area contributed by atoms with Crippen LogP contribution in [-0.4, -0.2) is 22.8 Å². The van der Waals surface area contributed by atoms with Crippen molar-refractivity contribution in [3.05, 3.63) is 53.3 Å². The number of aryl methyl sites for hydroxylation is 2. The summed E-state index contributed by atoms with van der Waals surface area (Å²) in [5.41, 5.74) is 1.16. The van der Waals surface area contributed by atoms with Gasteiger partial charge in [-0.1, -0.05) is 13.3 Å². The summed E-state index contributed by atoms with van der Waals surface area (Å²) in [6.45, 7) is 6.33. The molecule has 0 saturated heterocycles. The van der Waals surface area contributed by atoms with Crippen LogP contribution < -0.4 is 4.74 Å². The fourth-order valence-corrected chi connectivity index (χ4v) is 2.50. The Morgan fingerprint density at radius 2 is 1.89 bits per heavy atom. The lowest BCUT2D eigenvalue weighted by Gasteiger charge is -2.06. The highest BCUT2D eigenvalue weighted by Gasteiger charge is 2.16. The molecule has 142 valence electrons. The molecule has 1 aromatic carbocycles. The Morgan fingerprint density at radius 3 is 2.56 bits per heavy atom. The molecule has 0 N–H and O–H groups in total. The first-order chi connectivity index (χ1) is 13.1. The fourth-order valence-electron chi connectivity index (χ4n) is 2.50. The quantitative estimate of drug-likeness (QED) is 0.426. The summed E-state index contributed by atoms with van der Waals surface area (Å²) in [4.78, 5) is 12.2. The molecule has 0 spiro atoms. The van der Waals surface area contributed by atoms with Gasteiger partial charge in [0.05, 0.1) is 17.7 Å². The van der Waals surface area contributed by atoms with Gasteiger partial charge in [-0.2, -0.15) is 0 Å². The molecule has 0 aliphatic rings. The van der Waals surface area contributed by atoms with E-state index in [0.717, 1.165) is 29.9 Å². The minimum atomic E-state index is -0.467. The number of furan rings is 1. The number of carbonyl (C=O) groups excluding carboxylic acids is 1. The van der Waals surface area contributed by atoms with Crippen molar-refractivity contribution in [3.8, 4) is 17.2 Å². The zero-order valence-corrected chi connectivity index (χ0v) is 15.7.